The van der Waals surface area contributed by atoms with E-state index in [1.54, 1.807) is 27.0 Å². The average molecular weight is 899 g/mol. The van der Waals surface area contributed by atoms with E-state index < -0.39 is 79.8 Å². The molecule has 0 bridgehead atoms. The van der Waals surface area contributed by atoms with Crippen LogP contribution in [0.2, 0.25) is 0 Å². The van der Waals surface area contributed by atoms with Crippen molar-refractivity contribution in [2.45, 2.75) is 113 Å². The minimum absolute atomic E-state index is 0.0647. The number of alkyl carbamates (subject to hydrolysis) is 1. The topological polar surface area (TPSA) is 186 Å². The number of aromatic nitrogens is 2. The molecule has 338 valence electrons. The van der Waals surface area contributed by atoms with Crippen molar-refractivity contribution >= 4 is 55.4 Å². The predicted octanol–water partition coefficient (Wildman–Crippen LogP) is 6.92. The zero-order valence-corrected chi connectivity index (χ0v) is 37.6. The monoisotopic (exact) mass is 898 g/mol. The molecule has 0 spiro atoms. The third-order valence-electron chi connectivity index (χ3n) is 13.0. The van der Waals surface area contributed by atoms with Crippen LogP contribution in [0.15, 0.2) is 108 Å². The van der Waals surface area contributed by atoms with Crippen LogP contribution >= 0.6 is 0 Å². The maximum absolute atomic E-state index is 15.4. The van der Waals surface area contributed by atoms with Crippen LogP contribution in [0, 0.1) is 5.92 Å². The maximum Gasteiger partial charge on any atom is 0.408 e. The van der Waals surface area contributed by atoms with E-state index in [-0.39, 0.29) is 25.8 Å². The van der Waals surface area contributed by atoms with Crippen molar-refractivity contribution in [3.05, 3.63) is 114 Å². The Morgan fingerprint density at radius 1 is 0.831 bits per heavy atom. The van der Waals surface area contributed by atoms with Gasteiger partial charge in [0, 0.05) is 24.4 Å². The lowest BCUT2D eigenvalue weighted by Crippen LogP contribution is -2.58. The summed E-state index contributed by atoms with van der Waals surface area (Å²) in [5.74, 6) is -2.54. The Kier molecular flexibility index (Phi) is 11.6. The number of allylic oxidation sites excluding steroid dienone is 1. The highest BCUT2D eigenvalue weighted by atomic mass is 32.2. The zero-order chi connectivity index (χ0) is 45.7. The molecule has 2 aliphatic heterocycles. The number of nitrogens with zero attached hydrogens (tertiary/aromatic N) is 3. The lowest BCUT2D eigenvalue weighted by atomic mass is 9.91. The van der Waals surface area contributed by atoms with Crippen molar-refractivity contribution in [2.75, 3.05) is 6.54 Å². The standard InChI is InChI=1S/C50H54N6O8S/c1-49(2,3)64-48(61)52-41-24-8-6-4-5-7-19-33-28-50(33,47(60)54-65(62,63)35-25-26-35)53-44(57)42-27-34(30-55(42)45(41)58)56-46(59)43(39-23-14-18-32-16-10-12-21-37(32)39)40(29-51-56)38-22-13-17-31-15-9-11-20-36(31)38/h7,9-23,29,33-35,41-42H,4-6,8,24-28,30H2,1-3H3,(H,52,61)(H,53,57)(H,54,60)/b19-7-/t33-,34?,41+,42+,50?/m1/s1. The molecule has 65 heavy (non-hydrogen) atoms. The van der Waals surface area contributed by atoms with E-state index in [9.17, 15) is 27.6 Å². The van der Waals surface area contributed by atoms with Crippen LogP contribution in [-0.2, 0) is 29.1 Å². The molecular formula is C50H54N6O8S. The van der Waals surface area contributed by atoms with Gasteiger partial charge in [0.1, 0.15) is 23.2 Å². The van der Waals surface area contributed by atoms with Gasteiger partial charge in [-0.1, -0.05) is 110 Å². The van der Waals surface area contributed by atoms with Gasteiger partial charge in [-0.15, -0.1) is 0 Å². The number of benzene rings is 4. The molecule has 1 saturated heterocycles. The van der Waals surface area contributed by atoms with Crippen molar-refractivity contribution in [3.63, 3.8) is 0 Å². The lowest BCUT2D eigenvalue weighted by molar-refractivity contribution is -0.141. The summed E-state index contributed by atoms with van der Waals surface area (Å²) in [6.45, 7) is 5.04. The highest BCUT2D eigenvalue weighted by Gasteiger charge is 2.62. The van der Waals surface area contributed by atoms with Gasteiger partial charge in [0.25, 0.3) is 11.5 Å². The molecule has 3 N–H and O–H groups in total. The average Bonchev–Trinajstić information content (AvgIpc) is 4.20. The predicted molar refractivity (Wildman–Crippen MR) is 248 cm³/mol. The molecule has 2 aliphatic carbocycles. The van der Waals surface area contributed by atoms with Crippen molar-refractivity contribution in [3.8, 4) is 22.3 Å². The van der Waals surface area contributed by atoms with E-state index in [0.29, 0.717) is 42.4 Å². The summed E-state index contributed by atoms with van der Waals surface area (Å²) in [7, 11) is -3.95. The first-order valence-electron chi connectivity index (χ1n) is 22.6. The van der Waals surface area contributed by atoms with Gasteiger partial charge in [0.05, 0.1) is 23.1 Å². The third-order valence-corrected chi connectivity index (χ3v) is 14.9. The van der Waals surface area contributed by atoms with Gasteiger partial charge in [0.15, 0.2) is 0 Å². The van der Waals surface area contributed by atoms with Crippen LogP contribution in [0.5, 0.6) is 0 Å². The summed E-state index contributed by atoms with van der Waals surface area (Å²) in [4.78, 5) is 73.8. The van der Waals surface area contributed by atoms with Gasteiger partial charge in [0.2, 0.25) is 21.8 Å². The fourth-order valence-electron chi connectivity index (χ4n) is 9.50. The van der Waals surface area contributed by atoms with E-state index in [1.165, 1.54) is 9.58 Å². The molecule has 15 heteroatoms. The second kappa shape index (κ2) is 17.2. The van der Waals surface area contributed by atoms with Gasteiger partial charge >= 0.3 is 6.09 Å². The van der Waals surface area contributed by atoms with Gasteiger partial charge in [-0.05, 0) is 92.0 Å². The largest absolute Gasteiger partial charge is 0.444 e. The summed E-state index contributed by atoms with van der Waals surface area (Å²) in [5, 5.41) is 13.5. The SMILES string of the molecule is CC(C)(C)OC(=O)N[C@H]1CCCCC/C=C\[C@@H]2CC2(C(=O)NS(=O)(=O)C2CC2)NC(=O)[C@@H]2CC(n3ncc(-c4cccc5ccccc45)c(-c4cccc5ccccc45)c3=O)CN2C1=O. The van der Waals surface area contributed by atoms with Gasteiger partial charge in [-0.2, -0.15) is 5.10 Å². The molecule has 4 aromatic carbocycles. The molecule has 4 aliphatic rings. The van der Waals surface area contributed by atoms with Crippen LogP contribution in [0.1, 0.15) is 84.6 Å². The number of carbonyl (C=O) groups is 4. The first-order chi connectivity index (χ1) is 31.1. The molecule has 14 nitrogen and oxygen atoms in total. The summed E-state index contributed by atoms with van der Waals surface area (Å²) in [5.41, 5.74) is -0.333. The molecule has 1 aromatic heterocycles. The van der Waals surface area contributed by atoms with E-state index >= 15 is 4.79 Å². The van der Waals surface area contributed by atoms with Gasteiger partial charge < -0.3 is 20.3 Å². The molecule has 5 atom stereocenters. The molecule has 2 saturated carbocycles. The molecule has 2 unspecified atom stereocenters. The molecule has 9 rings (SSSR count). The summed E-state index contributed by atoms with van der Waals surface area (Å²) < 4.78 is 35.2. The van der Waals surface area contributed by atoms with Crippen molar-refractivity contribution in [2.24, 2.45) is 5.92 Å². The van der Waals surface area contributed by atoms with Crippen molar-refractivity contribution in [1.29, 1.82) is 0 Å². The zero-order valence-electron chi connectivity index (χ0n) is 36.8. The van der Waals surface area contributed by atoms with Crippen molar-refractivity contribution in [1.82, 2.24) is 30.0 Å². The van der Waals surface area contributed by atoms with Crippen LogP contribution in [0.4, 0.5) is 4.79 Å². The molecule has 4 amide bonds. The van der Waals surface area contributed by atoms with E-state index in [1.807, 2.05) is 97.1 Å². The summed E-state index contributed by atoms with van der Waals surface area (Å²) in [6, 6.07) is 24.3. The Balaban J connectivity index is 1.14. The quantitative estimate of drug-likeness (QED) is 0.146. The Hall–Kier alpha value is -6.35. The molecular weight excluding hydrogens is 845 g/mol. The minimum Gasteiger partial charge on any atom is -0.444 e. The first kappa shape index (κ1) is 43.9. The summed E-state index contributed by atoms with van der Waals surface area (Å²) >= 11 is 0. The Morgan fingerprint density at radius 2 is 1.49 bits per heavy atom. The second-order valence-corrected chi connectivity index (χ2v) is 20.8. The van der Waals surface area contributed by atoms with E-state index in [4.69, 9.17) is 9.84 Å². The highest BCUT2D eigenvalue weighted by Crippen LogP contribution is 2.46. The third kappa shape index (κ3) is 8.90. The number of amides is 4. The van der Waals surface area contributed by atoms with E-state index in [2.05, 4.69) is 15.4 Å². The fraction of sp³-hybridized carbons (Fsp3) is 0.400. The number of hydrogen-bond donors (Lipinski definition) is 3. The number of fused-ring (bicyclic) bond motifs is 4. The first-order valence-corrected chi connectivity index (χ1v) is 24.1. The van der Waals surface area contributed by atoms with Crippen LogP contribution in [-0.4, -0.2) is 81.9 Å². The summed E-state index contributed by atoms with van der Waals surface area (Å²) in [6.07, 6.45) is 8.66. The maximum atomic E-state index is 15.4. The minimum atomic E-state index is -3.95. The number of rotatable bonds is 7. The van der Waals surface area contributed by atoms with Gasteiger partial charge in [-0.3, -0.25) is 23.9 Å². The molecule has 5 aromatic rings. The Morgan fingerprint density at radius 3 is 2.18 bits per heavy atom. The van der Waals surface area contributed by atoms with Crippen LogP contribution in [0.3, 0.4) is 0 Å². The van der Waals surface area contributed by atoms with Gasteiger partial charge in [-0.25, -0.2) is 17.9 Å². The number of sulfonamides is 1. The highest BCUT2D eigenvalue weighted by molar-refractivity contribution is 7.91. The van der Waals surface area contributed by atoms with Crippen molar-refractivity contribution < 1.29 is 32.3 Å². The number of nitrogens with one attached hydrogen (secondary N) is 3. The fourth-order valence-corrected chi connectivity index (χ4v) is 10.9. The smallest absolute Gasteiger partial charge is 0.408 e. The normalized spacial score (nSPS) is 24.5. The number of carbonyl (C=O) groups excluding carboxylic acids is 4. The molecule has 3 heterocycles. The van der Waals surface area contributed by atoms with Crippen LogP contribution < -0.4 is 20.9 Å². The second-order valence-electron chi connectivity index (χ2n) is 18.8. The number of hydrogen-bond acceptors (Lipinski definition) is 9. The van der Waals surface area contributed by atoms with E-state index in [0.717, 1.165) is 39.9 Å². The Labute approximate surface area is 377 Å². The molecule has 3 fully saturated rings. The number of ether oxygens (including phenoxy) is 1. The lowest BCUT2D eigenvalue weighted by Gasteiger charge is -2.30. The molecule has 0 radical (unpaired) electrons. The Bertz CT molecular complexity index is 2910. The van der Waals surface area contributed by atoms with Crippen LogP contribution in [0.25, 0.3) is 43.8 Å².